The number of nitrogens with zero attached hydrogens (tertiary/aromatic N) is 1. The quantitative estimate of drug-likeness (QED) is 0.521. The van der Waals surface area contributed by atoms with Gasteiger partial charge in [0.2, 0.25) is 0 Å². The van der Waals surface area contributed by atoms with E-state index in [1.54, 1.807) is 0 Å². The number of carbonyl (C=O) groups is 1. The van der Waals surface area contributed by atoms with Crippen LogP contribution in [0.2, 0.25) is 0 Å². The lowest BCUT2D eigenvalue weighted by molar-refractivity contribution is -0.125. The largest absolute Gasteiger partial charge is 0.300 e. The van der Waals surface area contributed by atoms with Gasteiger partial charge in [-0.25, -0.2) is 0 Å². The van der Waals surface area contributed by atoms with Crippen molar-refractivity contribution < 1.29 is 4.79 Å². The Morgan fingerprint density at radius 3 is 3.00 bits per heavy atom. The van der Waals surface area contributed by atoms with Gasteiger partial charge in [-0.3, -0.25) is 9.69 Å². The smallest absolute Gasteiger partial charge is 0.136 e. The molecular formula is C9H15NO. The zero-order chi connectivity index (χ0) is 8.06. The molecule has 2 atom stereocenters. The summed E-state index contributed by atoms with van der Waals surface area (Å²) in [4.78, 5) is 13.6. The van der Waals surface area contributed by atoms with Gasteiger partial charge in [0.1, 0.15) is 5.78 Å². The summed E-state index contributed by atoms with van der Waals surface area (Å²) in [5.41, 5.74) is 0.208. The first-order chi connectivity index (χ1) is 5.12. The molecule has 0 saturated carbocycles. The van der Waals surface area contributed by atoms with Crippen LogP contribution in [-0.4, -0.2) is 29.3 Å². The maximum absolute atomic E-state index is 11.2. The van der Waals surface area contributed by atoms with Gasteiger partial charge in [0, 0.05) is 24.4 Å². The first-order valence-electron chi connectivity index (χ1n) is 4.36. The minimum atomic E-state index is 0.208. The van der Waals surface area contributed by atoms with E-state index in [0.29, 0.717) is 11.8 Å². The van der Waals surface area contributed by atoms with Crippen molar-refractivity contribution in [3.63, 3.8) is 0 Å². The van der Waals surface area contributed by atoms with Crippen molar-refractivity contribution >= 4 is 5.78 Å². The summed E-state index contributed by atoms with van der Waals surface area (Å²) in [5, 5.41) is 0. The van der Waals surface area contributed by atoms with E-state index in [1.165, 1.54) is 12.8 Å². The first kappa shape index (κ1) is 7.29. The molecule has 62 valence electrons. The number of carbonyl (C=O) groups excluding carboxylic acids is 1. The maximum atomic E-state index is 11.2. The molecule has 2 rings (SSSR count). The van der Waals surface area contributed by atoms with Gasteiger partial charge in [-0.05, 0) is 26.8 Å². The molecule has 11 heavy (non-hydrogen) atoms. The first-order valence-corrected chi connectivity index (χ1v) is 4.36. The van der Waals surface area contributed by atoms with Crippen molar-refractivity contribution in [3.05, 3.63) is 0 Å². The summed E-state index contributed by atoms with van der Waals surface area (Å²) in [5.74, 6) is 0.466. The lowest BCUT2D eigenvalue weighted by Crippen LogP contribution is -2.48. The summed E-state index contributed by atoms with van der Waals surface area (Å²) < 4.78 is 0. The number of hydrogen-bond acceptors (Lipinski definition) is 2. The number of hydrogen-bond donors (Lipinski definition) is 0. The SMILES string of the molecule is CN1C2CCC1(C)CC(=O)C2. The molecule has 2 heteroatoms. The van der Waals surface area contributed by atoms with Crippen molar-refractivity contribution in [2.24, 2.45) is 0 Å². The van der Waals surface area contributed by atoms with Gasteiger partial charge in [0.15, 0.2) is 0 Å². The Morgan fingerprint density at radius 2 is 2.36 bits per heavy atom. The van der Waals surface area contributed by atoms with Crippen LogP contribution in [0.25, 0.3) is 0 Å². The van der Waals surface area contributed by atoms with E-state index in [-0.39, 0.29) is 5.54 Å². The molecule has 0 amide bonds. The maximum Gasteiger partial charge on any atom is 0.136 e. The second kappa shape index (κ2) is 2.07. The molecule has 0 aromatic rings. The Kier molecular flexibility index (Phi) is 1.37. The lowest BCUT2D eigenvalue weighted by Gasteiger charge is -2.38. The van der Waals surface area contributed by atoms with Gasteiger partial charge in [-0.1, -0.05) is 0 Å². The molecule has 2 aliphatic heterocycles. The lowest BCUT2D eigenvalue weighted by atomic mass is 9.90. The number of rotatable bonds is 0. The molecule has 0 radical (unpaired) electrons. The third-order valence-electron chi connectivity index (χ3n) is 3.46. The molecule has 0 aliphatic carbocycles. The van der Waals surface area contributed by atoms with Crippen molar-refractivity contribution in [2.45, 2.75) is 44.2 Å². The molecule has 0 aromatic heterocycles. The van der Waals surface area contributed by atoms with Crippen LogP contribution in [0.4, 0.5) is 0 Å². The number of Topliss-reactive ketones (excluding diaryl/α,β-unsaturated/α-hetero) is 1. The molecule has 0 spiro atoms. The van der Waals surface area contributed by atoms with Crippen LogP contribution in [0.3, 0.4) is 0 Å². The Morgan fingerprint density at radius 1 is 1.64 bits per heavy atom. The average molecular weight is 153 g/mol. The monoisotopic (exact) mass is 153 g/mol. The Hall–Kier alpha value is -0.370. The molecule has 2 unspecified atom stereocenters. The number of fused-ring (bicyclic) bond motifs is 2. The zero-order valence-electron chi connectivity index (χ0n) is 7.26. The van der Waals surface area contributed by atoms with Gasteiger partial charge in [-0.15, -0.1) is 0 Å². The number of piperidine rings is 1. The molecule has 0 aromatic carbocycles. The second-order valence-electron chi connectivity index (χ2n) is 4.22. The van der Waals surface area contributed by atoms with Crippen molar-refractivity contribution in [3.8, 4) is 0 Å². The molecule has 2 heterocycles. The van der Waals surface area contributed by atoms with Crippen LogP contribution in [0.15, 0.2) is 0 Å². The fourth-order valence-corrected chi connectivity index (χ4v) is 2.50. The Bertz CT molecular complexity index is 202. The summed E-state index contributed by atoms with van der Waals surface area (Å²) in [6.07, 6.45) is 4.00. The second-order valence-corrected chi connectivity index (χ2v) is 4.22. The van der Waals surface area contributed by atoms with Crippen LogP contribution >= 0.6 is 0 Å². The fourth-order valence-electron chi connectivity index (χ4n) is 2.50. The van der Waals surface area contributed by atoms with E-state index >= 15 is 0 Å². The average Bonchev–Trinajstić information content (AvgIpc) is 2.17. The van der Waals surface area contributed by atoms with Gasteiger partial charge in [-0.2, -0.15) is 0 Å². The highest BCUT2D eigenvalue weighted by molar-refractivity contribution is 5.81. The standard InChI is InChI=1S/C9H15NO/c1-9-4-3-7(10(9)2)5-8(11)6-9/h7H,3-6H2,1-2H3. The molecule has 2 fully saturated rings. The summed E-state index contributed by atoms with van der Waals surface area (Å²) in [6, 6.07) is 0.557. The van der Waals surface area contributed by atoms with Crippen LogP contribution in [-0.2, 0) is 4.79 Å². The number of ketones is 1. The van der Waals surface area contributed by atoms with Crippen molar-refractivity contribution in [2.75, 3.05) is 7.05 Å². The van der Waals surface area contributed by atoms with Crippen molar-refractivity contribution in [1.29, 1.82) is 0 Å². The highest BCUT2D eigenvalue weighted by Crippen LogP contribution is 2.40. The Labute approximate surface area is 67.6 Å². The van der Waals surface area contributed by atoms with Gasteiger partial charge in [0.25, 0.3) is 0 Å². The van der Waals surface area contributed by atoms with Gasteiger partial charge in [0.05, 0.1) is 0 Å². The molecule has 2 aliphatic rings. The van der Waals surface area contributed by atoms with Crippen LogP contribution in [0.5, 0.6) is 0 Å². The van der Waals surface area contributed by atoms with E-state index in [9.17, 15) is 4.79 Å². The van der Waals surface area contributed by atoms with E-state index in [1.807, 2.05) is 0 Å². The minimum absolute atomic E-state index is 0.208. The topological polar surface area (TPSA) is 20.3 Å². The molecule has 2 nitrogen and oxygen atoms in total. The predicted octanol–water partition coefficient (Wildman–Crippen LogP) is 1.20. The zero-order valence-corrected chi connectivity index (χ0v) is 7.26. The van der Waals surface area contributed by atoms with E-state index in [4.69, 9.17) is 0 Å². The van der Waals surface area contributed by atoms with Crippen LogP contribution in [0, 0.1) is 0 Å². The summed E-state index contributed by atoms with van der Waals surface area (Å²) >= 11 is 0. The molecule has 0 N–H and O–H groups in total. The highest BCUT2D eigenvalue weighted by Gasteiger charge is 2.46. The van der Waals surface area contributed by atoms with E-state index < -0.39 is 0 Å². The van der Waals surface area contributed by atoms with Gasteiger partial charge < -0.3 is 0 Å². The van der Waals surface area contributed by atoms with E-state index in [0.717, 1.165) is 12.8 Å². The highest BCUT2D eigenvalue weighted by atomic mass is 16.1. The fraction of sp³-hybridized carbons (Fsp3) is 0.889. The summed E-state index contributed by atoms with van der Waals surface area (Å²) in [7, 11) is 2.16. The summed E-state index contributed by atoms with van der Waals surface area (Å²) in [6.45, 7) is 2.21. The normalized spacial score (nSPS) is 44.9. The third-order valence-corrected chi connectivity index (χ3v) is 3.46. The minimum Gasteiger partial charge on any atom is -0.300 e. The molecular weight excluding hydrogens is 138 g/mol. The van der Waals surface area contributed by atoms with Gasteiger partial charge >= 0.3 is 0 Å². The molecule has 2 bridgehead atoms. The van der Waals surface area contributed by atoms with Crippen LogP contribution < -0.4 is 0 Å². The van der Waals surface area contributed by atoms with Crippen molar-refractivity contribution in [1.82, 2.24) is 4.90 Å². The molecule has 2 saturated heterocycles. The predicted molar refractivity (Wildman–Crippen MR) is 43.4 cm³/mol. The third kappa shape index (κ3) is 0.924. The van der Waals surface area contributed by atoms with E-state index in [2.05, 4.69) is 18.9 Å². The van der Waals surface area contributed by atoms with Crippen LogP contribution in [0.1, 0.15) is 32.6 Å². The Balaban J connectivity index is 2.27.